The van der Waals surface area contributed by atoms with E-state index < -0.39 is 0 Å². The Labute approximate surface area is 133 Å². The summed E-state index contributed by atoms with van der Waals surface area (Å²) in [5.74, 6) is 0.285. The van der Waals surface area contributed by atoms with E-state index in [1.165, 1.54) is 0 Å². The molecule has 0 aliphatic rings. The van der Waals surface area contributed by atoms with E-state index in [-0.39, 0.29) is 17.4 Å². The summed E-state index contributed by atoms with van der Waals surface area (Å²) in [5, 5.41) is 3.22. The monoisotopic (exact) mass is 295 g/mol. The fourth-order valence-electron chi connectivity index (χ4n) is 2.47. The molecule has 0 aliphatic carbocycles. The molecule has 0 saturated carbocycles. The van der Waals surface area contributed by atoms with E-state index in [4.69, 9.17) is 0 Å². The molecule has 0 heterocycles. The zero-order valence-corrected chi connectivity index (χ0v) is 13.8. The van der Waals surface area contributed by atoms with E-state index in [0.717, 1.165) is 5.56 Å². The lowest BCUT2D eigenvalue weighted by atomic mass is 9.75. The molecule has 0 unspecified atom stereocenters. The number of nitrogens with one attached hydrogen (secondary N) is 1. The van der Waals surface area contributed by atoms with E-state index in [9.17, 15) is 4.79 Å². The molecule has 0 radical (unpaired) electrons. The van der Waals surface area contributed by atoms with Crippen molar-refractivity contribution < 1.29 is 4.79 Å². The molecule has 0 spiro atoms. The molecule has 2 atom stereocenters. The van der Waals surface area contributed by atoms with Gasteiger partial charge >= 0.3 is 0 Å². The molecule has 1 amide bonds. The summed E-state index contributed by atoms with van der Waals surface area (Å²) in [7, 11) is 0. The molecule has 1 N–H and O–H groups in total. The fourth-order valence-corrected chi connectivity index (χ4v) is 2.47. The Hall–Kier alpha value is -2.09. The number of benzene rings is 2. The second-order valence-electron chi connectivity index (χ2n) is 6.88. The lowest BCUT2D eigenvalue weighted by Gasteiger charge is -2.35. The van der Waals surface area contributed by atoms with Crippen molar-refractivity contribution in [2.75, 3.05) is 0 Å². The number of amides is 1. The number of carbonyl (C=O) groups excluding carboxylic acids is 1. The van der Waals surface area contributed by atoms with Crippen molar-refractivity contribution in [1.29, 1.82) is 0 Å². The Balaban J connectivity index is 2.28. The summed E-state index contributed by atoms with van der Waals surface area (Å²) in [6.45, 7) is 8.83. The molecular weight excluding hydrogens is 270 g/mol. The molecule has 2 nitrogen and oxygen atoms in total. The van der Waals surface area contributed by atoms with Crippen molar-refractivity contribution in [3.63, 3.8) is 0 Å². The molecule has 2 heteroatoms. The number of rotatable bonds is 4. The van der Waals surface area contributed by atoms with E-state index in [2.05, 4.69) is 45.1 Å². The Morgan fingerprint density at radius 3 is 1.91 bits per heavy atom. The van der Waals surface area contributed by atoms with Crippen LogP contribution in [0.4, 0.5) is 0 Å². The van der Waals surface area contributed by atoms with Gasteiger partial charge in [0.25, 0.3) is 5.91 Å². The van der Waals surface area contributed by atoms with Gasteiger partial charge in [-0.1, -0.05) is 76.2 Å². The molecule has 0 aromatic heterocycles. The van der Waals surface area contributed by atoms with Crippen LogP contribution in [-0.2, 0) is 0 Å². The highest BCUT2D eigenvalue weighted by atomic mass is 16.1. The first-order valence-electron chi connectivity index (χ1n) is 7.80. The predicted molar refractivity (Wildman–Crippen MR) is 91.7 cm³/mol. The Bertz CT molecular complexity index is 599. The summed E-state index contributed by atoms with van der Waals surface area (Å²) in [5.41, 5.74) is 1.95. The average molecular weight is 295 g/mol. The van der Waals surface area contributed by atoms with Gasteiger partial charge < -0.3 is 5.32 Å². The Kier molecular flexibility index (Phi) is 5.02. The van der Waals surface area contributed by atoms with Gasteiger partial charge in [0.1, 0.15) is 0 Å². The summed E-state index contributed by atoms with van der Waals surface area (Å²) >= 11 is 0. The summed E-state index contributed by atoms with van der Waals surface area (Å²) in [6, 6.07) is 19.6. The van der Waals surface area contributed by atoms with Crippen molar-refractivity contribution in [2.24, 2.45) is 11.3 Å². The van der Waals surface area contributed by atoms with Crippen LogP contribution in [0.25, 0.3) is 0 Å². The molecule has 0 saturated heterocycles. The van der Waals surface area contributed by atoms with Crippen LogP contribution in [0.5, 0.6) is 0 Å². The number of hydrogen-bond donors (Lipinski definition) is 1. The molecular formula is C20H25NO. The number of carbonyl (C=O) groups is 1. The van der Waals surface area contributed by atoms with Crippen LogP contribution in [-0.4, -0.2) is 5.91 Å². The Morgan fingerprint density at radius 2 is 1.41 bits per heavy atom. The van der Waals surface area contributed by atoms with Gasteiger partial charge in [-0.15, -0.1) is 0 Å². The fraction of sp³-hybridized carbons (Fsp3) is 0.350. The first kappa shape index (κ1) is 16.3. The molecule has 2 rings (SSSR count). The highest BCUT2D eigenvalue weighted by molar-refractivity contribution is 5.94. The zero-order valence-electron chi connectivity index (χ0n) is 13.8. The largest absolute Gasteiger partial charge is 0.345 e. The van der Waals surface area contributed by atoms with Crippen LogP contribution in [0.15, 0.2) is 60.7 Å². The minimum atomic E-state index is -0.0226. The standard InChI is InChI=1S/C20H25NO/c1-15(20(2,3)4)18(16-11-7-5-8-12-16)21-19(22)17-13-9-6-10-14-17/h5-15,18H,1-4H3,(H,21,22)/t15-,18+/m0/s1. The van der Waals surface area contributed by atoms with E-state index >= 15 is 0 Å². The maximum Gasteiger partial charge on any atom is 0.251 e. The highest BCUT2D eigenvalue weighted by Crippen LogP contribution is 2.36. The summed E-state index contributed by atoms with van der Waals surface area (Å²) in [6.07, 6.45) is 0. The van der Waals surface area contributed by atoms with E-state index in [1.54, 1.807) is 0 Å². The quantitative estimate of drug-likeness (QED) is 0.859. The molecule has 0 aliphatic heterocycles. The maximum absolute atomic E-state index is 12.5. The van der Waals surface area contributed by atoms with Gasteiger partial charge in [-0.25, -0.2) is 0 Å². The molecule has 2 aromatic rings. The van der Waals surface area contributed by atoms with Gasteiger partial charge in [0.15, 0.2) is 0 Å². The zero-order chi connectivity index (χ0) is 16.2. The Morgan fingerprint density at radius 1 is 0.909 bits per heavy atom. The van der Waals surface area contributed by atoms with Crippen molar-refractivity contribution >= 4 is 5.91 Å². The van der Waals surface area contributed by atoms with Crippen LogP contribution in [0.3, 0.4) is 0 Å². The third-order valence-electron chi connectivity index (χ3n) is 4.35. The van der Waals surface area contributed by atoms with Crippen molar-refractivity contribution in [1.82, 2.24) is 5.32 Å². The SMILES string of the molecule is C[C@@H]([C@@H](NC(=O)c1ccccc1)c1ccccc1)C(C)(C)C. The van der Waals surface area contributed by atoms with Crippen LogP contribution in [0, 0.1) is 11.3 Å². The summed E-state index contributed by atoms with van der Waals surface area (Å²) < 4.78 is 0. The van der Waals surface area contributed by atoms with E-state index in [1.807, 2.05) is 48.5 Å². The first-order valence-corrected chi connectivity index (χ1v) is 7.80. The van der Waals surface area contributed by atoms with Crippen molar-refractivity contribution in [3.05, 3.63) is 71.8 Å². The van der Waals surface area contributed by atoms with Gasteiger partial charge in [0.2, 0.25) is 0 Å². The molecule has 0 bridgehead atoms. The third kappa shape index (κ3) is 3.97. The highest BCUT2D eigenvalue weighted by Gasteiger charge is 2.30. The maximum atomic E-state index is 12.5. The smallest absolute Gasteiger partial charge is 0.251 e. The molecule has 2 aromatic carbocycles. The van der Waals surface area contributed by atoms with Gasteiger partial charge in [0.05, 0.1) is 6.04 Å². The van der Waals surface area contributed by atoms with Crippen LogP contribution in [0.2, 0.25) is 0 Å². The summed E-state index contributed by atoms with van der Waals surface area (Å²) in [4.78, 5) is 12.5. The van der Waals surface area contributed by atoms with Gasteiger partial charge in [-0.2, -0.15) is 0 Å². The minimum absolute atomic E-state index is 0.00564. The van der Waals surface area contributed by atoms with Gasteiger partial charge in [-0.3, -0.25) is 4.79 Å². The van der Waals surface area contributed by atoms with Crippen LogP contribution >= 0.6 is 0 Å². The van der Waals surface area contributed by atoms with Crippen molar-refractivity contribution in [2.45, 2.75) is 33.7 Å². The second-order valence-corrected chi connectivity index (χ2v) is 6.88. The third-order valence-corrected chi connectivity index (χ3v) is 4.35. The van der Waals surface area contributed by atoms with Crippen molar-refractivity contribution in [3.8, 4) is 0 Å². The first-order chi connectivity index (χ1) is 10.4. The average Bonchev–Trinajstić information content (AvgIpc) is 2.52. The van der Waals surface area contributed by atoms with Crippen LogP contribution < -0.4 is 5.32 Å². The van der Waals surface area contributed by atoms with Gasteiger partial charge in [0, 0.05) is 5.56 Å². The lowest BCUT2D eigenvalue weighted by Crippen LogP contribution is -2.37. The molecule has 0 fully saturated rings. The minimum Gasteiger partial charge on any atom is -0.345 e. The topological polar surface area (TPSA) is 29.1 Å². The predicted octanol–water partition coefficient (Wildman–Crippen LogP) is 4.84. The van der Waals surface area contributed by atoms with E-state index in [0.29, 0.717) is 11.5 Å². The number of hydrogen-bond acceptors (Lipinski definition) is 1. The molecule has 116 valence electrons. The lowest BCUT2D eigenvalue weighted by molar-refractivity contribution is 0.0894. The normalized spacial score (nSPS) is 14.2. The van der Waals surface area contributed by atoms with Gasteiger partial charge in [-0.05, 0) is 29.0 Å². The second kappa shape index (κ2) is 6.78. The molecule has 22 heavy (non-hydrogen) atoms. The van der Waals surface area contributed by atoms with Crippen LogP contribution in [0.1, 0.15) is 49.7 Å².